The molecule has 0 saturated heterocycles. The van der Waals surface area contributed by atoms with Gasteiger partial charge < -0.3 is 14.6 Å². The van der Waals surface area contributed by atoms with Gasteiger partial charge >= 0.3 is 5.97 Å². The number of carbonyl (C=O) groups is 1. The maximum atomic E-state index is 10.8. The van der Waals surface area contributed by atoms with E-state index in [2.05, 4.69) is 22.6 Å². The average Bonchev–Trinajstić information content (AvgIpc) is 2.10. The first-order valence-electron chi connectivity index (χ1n) is 3.81. The Kier molecular flexibility index (Phi) is 5.63. The van der Waals surface area contributed by atoms with Crippen LogP contribution in [0.15, 0.2) is 25.0 Å². The van der Waals surface area contributed by atoms with Gasteiger partial charge in [-0.3, -0.25) is 0 Å². The van der Waals surface area contributed by atoms with E-state index >= 15 is 0 Å². The van der Waals surface area contributed by atoms with E-state index in [9.17, 15) is 4.79 Å². The van der Waals surface area contributed by atoms with E-state index in [4.69, 9.17) is 5.11 Å². The number of hydrogen-bond acceptors (Lipinski definition) is 4. The summed E-state index contributed by atoms with van der Waals surface area (Å²) < 4.78 is 9.35. The predicted octanol–water partition coefficient (Wildman–Crippen LogP) is 0.627. The normalized spacial score (nSPS) is 11.5. The van der Waals surface area contributed by atoms with Crippen LogP contribution in [0.25, 0.3) is 0 Å². The van der Waals surface area contributed by atoms with Gasteiger partial charge in [0.25, 0.3) is 0 Å². The lowest BCUT2D eigenvalue weighted by atomic mass is 10.3. The van der Waals surface area contributed by atoms with Gasteiger partial charge in [0.1, 0.15) is 19.3 Å². The van der Waals surface area contributed by atoms with Gasteiger partial charge in [-0.1, -0.05) is 13.2 Å². The van der Waals surface area contributed by atoms with Crippen molar-refractivity contribution in [1.29, 1.82) is 0 Å². The van der Waals surface area contributed by atoms with E-state index in [1.54, 1.807) is 0 Å². The minimum atomic E-state index is -0.832. The molecule has 1 atom stereocenters. The zero-order valence-corrected chi connectivity index (χ0v) is 7.66. The lowest BCUT2D eigenvalue weighted by molar-refractivity contribution is -0.142. The lowest BCUT2D eigenvalue weighted by Crippen LogP contribution is -2.22. The quantitative estimate of drug-likeness (QED) is 0.375. The molecular formula is C9H14O4. The van der Waals surface area contributed by atoms with Crippen LogP contribution in [0.5, 0.6) is 0 Å². The summed E-state index contributed by atoms with van der Waals surface area (Å²) in [5.41, 5.74) is 0.303. The Hall–Kier alpha value is -1.29. The number of carbonyl (C=O) groups excluding carboxylic acids is 1. The van der Waals surface area contributed by atoms with Crippen molar-refractivity contribution in [3.05, 3.63) is 25.0 Å². The van der Waals surface area contributed by atoms with Gasteiger partial charge in [-0.15, -0.1) is 0 Å². The van der Waals surface area contributed by atoms with Crippen molar-refractivity contribution in [2.24, 2.45) is 0 Å². The molecule has 4 heteroatoms. The second-order valence-corrected chi connectivity index (χ2v) is 2.53. The summed E-state index contributed by atoms with van der Waals surface area (Å²) in [5, 5.41) is 9.13. The van der Waals surface area contributed by atoms with Gasteiger partial charge in [0.05, 0.1) is 6.26 Å². The summed E-state index contributed by atoms with van der Waals surface area (Å²) in [6, 6.07) is 0. The highest BCUT2D eigenvalue weighted by Crippen LogP contribution is 1.94. The fraction of sp³-hybridized carbons (Fsp3) is 0.444. The molecule has 0 bridgehead atoms. The van der Waals surface area contributed by atoms with Crippen LogP contribution in [-0.2, 0) is 14.3 Å². The molecule has 0 heterocycles. The van der Waals surface area contributed by atoms with Crippen molar-refractivity contribution >= 4 is 5.97 Å². The van der Waals surface area contributed by atoms with Gasteiger partial charge in [0.15, 0.2) is 0 Å². The number of hydrogen-bond donors (Lipinski definition) is 1. The monoisotopic (exact) mass is 186 g/mol. The van der Waals surface area contributed by atoms with Crippen molar-refractivity contribution < 1.29 is 19.4 Å². The van der Waals surface area contributed by atoms with E-state index in [1.807, 2.05) is 0 Å². The fourth-order valence-corrected chi connectivity index (χ4v) is 0.522. The third kappa shape index (κ3) is 5.93. The third-order valence-corrected chi connectivity index (χ3v) is 1.16. The zero-order valence-electron chi connectivity index (χ0n) is 7.66. The van der Waals surface area contributed by atoms with Crippen LogP contribution in [0.2, 0.25) is 0 Å². The molecule has 0 saturated carbocycles. The molecule has 0 aromatic carbocycles. The molecule has 0 aromatic rings. The van der Waals surface area contributed by atoms with Crippen LogP contribution in [-0.4, -0.2) is 30.4 Å². The van der Waals surface area contributed by atoms with E-state index in [0.29, 0.717) is 5.57 Å². The van der Waals surface area contributed by atoms with Crippen LogP contribution < -0.4 is 0 Å². The highest BCUT2D eigenvalue weighted by molar-refractivity contribution is 5.86. The van der Waals surface area contributed by atoms with Crippen LogP contribution in [0.3, 0.4) is 0 Å². The number of ether oxygens (including phenoxy) is 2. The Balaban J connectivity index is 3.57. The molecule has 0 spiro atoms. The standard InChI is InChI=1S/C9H14O4/c1-4-12-5-8(10)6-13-9(11)7(2)3/h4,8,10H,1-2,5-6H2,3H3. The van der Waals surface area contributed by atoms with Gasteiger partial charge in [0.2, 0.25) is 0 Å². The molecule has 0 fully saturated rings. The van der Waals surface area contributed by atoms with Crippen molar-refractivity contribution in [1.82, 2.24) is 0 Å². The molecule has 0 aliphatic carbocycles. The average molecular weight is 186 g/mol. The van der Waals surface area contributed by atoms with Gasteiger partial charge in [-0.25, -0.2) is 4.79 Å². The molecule has 4 nitrogen and oxygen atoms in total. The molecule has 0 aromatic heterocycles. The smallest absolute Gasteiger partial charge is 0.333 e. The van der Waals surface area contributed by atoms with E-state index in [0.717, 1.165) is 0 Å². The number of aliphatic hydroxyl groups excluding tert-OH is 1. The first-order valence-corrected chi connectivity index (χ1v) is 3.81. The predicted molar refractivity (Wildman–Crippen MR) is 47.9 cm³/mol. The third-order valence-electron chi connectivity index (χ3n) is 1.16. The largest absolute Gasteiger partial charge is 0.499 e. The first kappa shape index (κ1) is 11.7. The topological polar surface area (TPSA) is 55.8 Å². The number of aliphatic hydroxyl groups is 1. The highest BCUT2D eigenvalue weighted by Gasteiger charge is 2.08. The van der Waals surface area contributed by atoms with Crippen LogP contribution >= 0.6 is 0 Å². The van der Waals surface area contributed by atoms with Gasteiger partial charge in [-0.05, 0) is 6.92 Å². The molecule has 0 radical (unpaired) electrons. The van der Waals surface area contributed by atoms with E-state index in [-0.39, 0.29) is 13.2 Å². The van der Waals surface area contributed by atoms with Crippen molar-refractivity contribution in [2.45, 2.75) is 13.0 Å². The molecular weight excluding hydrogens is 172 g/mol. The second-order valence-electron chi connectivity index (χ2n) is 2.53. The molecule has 13 heavy (non-hydrogen) atoms. The van der Waals surface area contributed by atoms with Crippen molar-refractivity contribution in [3.8, 4) is 0 Å². The number of esters is 1. The summed E-state index contributed by atoms with van der Waals surface area (Å²) in [5.74, 6) is -0.516. The lowest BCUT2D eigenvalue weighted by Gasteiger charge is -2.10. The van der Waals surface area contributed by atoms with E-state index < -0.39 is 12.1 Å². The van der Waals surface area contributed by atoms with Gasteiger partial charge in [-0.2, -0.15) is 0 Å². The van der Waals surface area contributed by atoms with Crippen LogP contribution in [0.1, 0.15) is 6.92 Å². The van der Waals surface area contributed by atoms with E-state index in [1.165, 1.54) is 13.2 Å². The maximum Gasteiger partial charge on any atom is 0.333 e. The molecule has 0 aliphatic rings. The van der Waals surface area contributed by atoms with Crippen molar-refractivity contribution in [3.63, 3.8) is 0 Å². The molecule has 1 unspecified atom stereocenters. The first-order chi connectivity index (χ1) is 6.07. The molecule has 74 valence electrons. The Bertz CT molecular complexity index is 198. The summed E-state index contributed by atoms with van der Waals surface area (Å²) in [6.07, 6.45) is 0.380. The molecule has 0 amide bonds. The molecule has 0 rings (SSSR count). The Morgan fingerprint density at radius 2 is 2.23 bits per heavy atom. The fourth-order valence-electron chi connectivity index (χ4n) is 0.522. The van der Waals surface area contributed by atoms with Crippen LogP contribution in [0, 0.1) is 0 Å². The Morgan fingerprint density at radius 1 is 1.62 bits per heavy atom. The van der Waals surface area contributed by atoms with Crippen LogP contribution in [0.4, 0.5) is 0 Å². The summed E-state index contributed by atoms with van der Waals surface area (Å²) in [7, 11) is 0. The maximum absolute atomic E-state index is 10.8. The van der Waals surface area contributed by atoms with Gasteiger partial charge in [0, 0.05) is 5.57 Å². The molecule has 0 aliphatic heterocycles. The summed E-state index contributed by atoms with van der Waals surface area (Å²) in [4.78, 5) is 10.8. The summed E-state index contributed by atoms with van der Waals surface area (Å²) >= 11 is 0. The minimum Gasteiger partial charge on any atom is -0.499 e. The second kappa shape index (κ2) is 6.25. The Morgan fingerprint density at radius 3 is 2.69 bits per heavy atom. The molecule has 1 N–H and O–H groups in total. The zero-order chi connectivity index (χ0) is 10.3. The SMILES string of the molecule is C=COCC(O)COC(=O)C(=C)C. The highest BCUT2D eigenvalue weighted by atomic mass is 16.5. The minimum absolute atomic E-state index is 0.0625. The Labute approximate surface area is 77.5 Å². The number of rotatable bonds is 6. The van der Waals surface area contributed by atoms with Crippen molar-refractivity contribution in [2.75, 3.05) is 13.2 Å². The summed E-state index contributed by atoms with van der Waals surface area (Å²) in [6.45, 7) is 8.19.